The quantitative estimate of drug-likeness (QED) is 0.614. The standard InChI is InChI=1S/C16H16BrCl2N/c17-8-9-20(11-13-4-2-1-3-5-13)12-14-10-15(18)6-7-16(14)19/h1-7,10H,8-9,11-12H2. The highest BCUT2D eigenvalue weighted by Gasteiger charge is 2.09. The lowest BCUT2D eigenvalue weighted by atomic mass is 10.1. The molecule has 4 heteroatoms. The van der Waals surface area contributed by atoms with E-state index in [1.165, 1.54) is 5.56 Å². The van der Waals surface area contributed by atoms with Crippen LogP contribution in [0.4, 0.5) is 0 Å². The second-order valence-electron chi connectivity index (χ2n) is 4.62. The fourth-order valence-electron chi connectivity index (χ4n) is 2.08. The Morgan fingerprint density at radius 1 is 0.950 bits per heavy atom. The average molecular weight is 373 g/mol. The summed E-state index contributed by atoms with van der Waals surface area (Å²) in [5.41, 5.74) is 2.36. The third kappa shape index (κ3) is 4.78. The summed E-state index contributed by atoms with van der Waals surface area (Å²) in [5.74, 6) is 0. The van der Waals surface area contributed by atoms with Gasteiger partial charge in [-0.05, 0) is 29.3 Å². The highest BCUT2D eigenvalue weighted by atomic mass is 79.9. The van der Waals surface area contributed by atoms with E-state index in [4.69, 9.17) is 23.2 Å². The topological polar surface area (TPSA) is 3.24 Å². The smallest absolute Gasteiger partial charge is 0.0452 e. The van der Waals surface area contributed by atoms with E-state index >= 15 is 0 Å². The van der Waals surface area contributed by atoms with Gasteiger partial charge in [-0.15, -0.1) is 0 Å². The van der Waals surface area contributed by atoms with Crippen molar-refractivity contribution in [2.45, 2.75) is 13.1 Å². The fraction of sp³-hybridized carbons (Fsp3) is 0.250. The van der Waals surface area contributed by atoms with Gasteiger partial charge in [-0.2, -0.15) is 0 Å². The molecule has 0 bridgehead atoms. The number of halogens is 3. The van der Waals surface area contributed by atoms with E-state index in [1.54, 1.807) is 0 Å². The van der Waals surface area contributed by atoms with Crippen molar-refractivity contribution in [3.63, 3.8) is 0 Å². The molecule has 0 unspecified atom stereocenters. The number of benzene rings is 2. The van der Waals surface area contributed by atoms with Crippen molar-refractivity contribution >= 4 is 39.1 Å². The number of hydrogen-bond acceptors (Lipinski definition) is 1. The summed E-state index contributed by atoms with van der Waals surface area (Å²) in [7, 11) is 0. The first kappa shape index (κ1) is 15.8. The molecule has 0 aliphatic heterocycles. The van der Waals surface area contributed by atoms with Crippen molar-refractivity contribution in [3.8, 4) is 0 Å². The van der Waals surface area contributed by atoms with Crippen LogP contribution in [0.2, 0.25) is 10.0 Å². The third-order valence-electron chi connectivity index (χ3n) is 3.05. The van der Waals surface area contributed by atoms with E-state index in [0.717, 1.165) is 40.6 Å². The zero-order valence-corrected chi connectivity index (χ0v) is 14.1. The largest absolute Gasteiger partial charge is 0.294 e. The van der Waals surface area contributed by atoms with E-state index in [9.17, 15) is 0 Å². The van der Waals surface area contributed by atoms with Gasteiger partial charge in [0, 0.05) is 35.0 Å². The van der Waals surface area contributed by atoms with E-state index in [2.05, 4.69) is 45.1 Å². The summed E-state index contributed by atoms with van der Waals surface area (Å²) in [6.07, 6.45) is 0. The molecule has 0 atom stereocenters. The molecular weight excluding hydrogens is 357 g/mol. The highest BCUT2D eigenvalue weighted by Crippen LogP contribution is 2.22. The summed E-state index contributed by atoms with van der Waals surface area (Å²) in [6.45, 7) is 2.65. The van der Waals surface area contributed by atoms with Gasteiger partial charge in [0.15, 0.2) is 0 Å². The lowest BCUT2D eigenvalue weighted by Crippen LogP contribution is -2.25. The predicted octanol–water partition coefficient (Wildman–Crippen LogP) is 5.39. The third-order valence-corrected chi connectivity index (χ3v) is 4.01. The van der Waals surface area contributed by atoms with Crippen LogP contribution in [0.1, 0.15) is 11.1 Å². The Labute approximate surface area is 138 Å². The van der Waals surface area contributed by atoms with Gasteiger partial charge in [0.2, 0.25) is 0 Å². The van der Waals surface area contributed by atoms with E-state index in [1.807, 2.05) is 24.3 Å². The van der Waals surface area contributed by atoms with Crippen LogP contribution in [0.15, 0.2) is 48.5 Å². The van der Waals surface area contributed by atoms with Crippen LogP contribution < -0.4 is 0 Å². The lowest BCUT2D eigenvalue weighted by molar-refractivity contribution is 0.274. The van der Waals surface area contributed by atoms with Gasteiger partial charge in [0.05, 0.1) is 0 Å². The van der Waals surface area contributed by atoms with Gasteiger partial charge >= 0.3 is 0 Å². The van der Waals surface area contributed by atoms with Crippen LogP contribution in [-0.4, -0.2) is 16.8 Å². The maximum Gasteiger partial charge on any atom is 0.0452 e. The number of hydrogen-bond donors (Lipinski definition) is 0. The van der Waals surface area contributed by atoms with Crippen molar-refractivity contribution in [2.75, 3.05) is 11.9 Å². The number of nitrogens with zero attached hydrogens (tertiary/aromatic N) is 1. The lowest BCUT2D eigenvalue weighted by Gasteiger charge is -2.22. The number of rotatable bonds is 6. The van der Waals surface area contributed by atoms with Crippen LogP contribution in [0, 0.1) is 0 Å². The van der Waals surface area contributed by atoms with Gasteiger partial charge < -0.3 is 0 Å². The summed E-state index contributed by atoms with van der Waals surface area (Å²) in [5, 5.41) is 2.42. The second-order valence-corrected chi connectivity index (χ2v) is 6.26. The normalized spacial score (nSPS) is 11.0. The summed E-state index contributed by atoms with van der Waals surface area (Å²) in [6, 6.07) is 16.1. The van der Waals surface area contributed by atoms with Gasteiger partial charge in [0.1, 0.15) is 0 Å². The Morgan fingerprint density at radius 3 is 2.40 bits per heavy atom. The molecule has 1 nitrogen and oxygen atoms in total. The molecule has 0 aromatic heterocycles. The molecule has 2 aromatic rings. The van der Waals surface area contributed by atoms with Crippen molar-refractivity contribution < 1.29 is 0 Å². The molecule has 2 aromatic carbocycles. The Bertz CT molecular complexity index is 545. The highest BCUT2D eigenvalue weighted by molar-refractivity contribution is 9.09. The summed E-state index contributed by atoms with van der Waals surface area (Å²) >= 11 is 15.8. The van der Waals surface area contributed by atoms with Crippen molar-refractivity contribution in [3.05, 3.63) is 69.7 Å². The maximum absolute atomic E-state index is 6.25. The minimum Gasteiger partial charge on any atom is -0.294 e. The molecule has 0 saturated heterocycles. The maximum atomic E-state index is 6.25. The van der Waals surface area contributed by atoms with E-state index in [0.29, 0.717) is 0 Å². The first-order valence-corrected chi connectivity index (χ1v) is 8.33. The Balaban J connectivity index is 2.11. The van der Waals surface area contributed by atoms with Crippen LogP contribution in [0.25, 0.3) is 0 Å². The molecule has 0 spiro atoms. The molecule has 0 radical (unpaired) electrons. The molecule has 0 aliphatic rings. The second kappa shape index (κ2) is 8.04. The zero-order chi connectivity index (χ0) is 14.4. The van der Waals surface area contributed by atoms with Crippen molar-refractivity contribution in [1.29, 1.82) is 0 Å². The molecule has 0 heterocycles. The van der Waals surface area contributed by atoms with Gasteiger partial charge in [0.25, 0.3) is 0 Å². The minimum atomic E-state index is 0.725. The van der Waals surface area contributed by atoms with E-state index < -0.39 is 0 Å². The minimum absolute atomic E-state index is 0.725. The van der Waals surface area contributed by atoms with Crippen LogP contribution in [0.5, 0.6) is 0 Å². The molecule has 0 saturated carbocycles. The fourth-order valence-corrected chi connectivity index (χ4v) is 2.95. The van der Waals surface area contributed by atoms with Gasteiger partial charge in [-0.3, -0.25) is 4.90 Å². The molecule has 106 valence electrons. The van der Waals surface area contributed by atoms with Gasteiger partial charge in [-0.1, -0.05) is 69.5 Å². The monoisotopic (exact) mass is 371 g/mol. The SMILES string of the molecule is Clc1ccc(Cl)c(CN(CCBr)Cc2ccccc2)c1. The first-order chi connectivity index (χ1) is 9.69. The molecular formula is C16H16BrCl2N. The molecule has 20 heavy (non-hydrogen) atoms. The first-order valence-electron chi connectivity index (χ1n) is 6.45. The molecule has 0 amide bonds. The van der Waals surface area contributed by atoms with Gasteiger partial charge in [-0.25, -0.2) is 0 Å². The molecule has 0 aliphatic carbocycles. The van der Waals surface area contributed by atoms with Crippen LogP contribution in [0.3, 0.4) is 0 Å². The Morgan fingerprint density at radius 2 is 1.70 bits per heavy atom. The van der Waals surface area contributed by atoms with Crippen LogP contribution >= 0.6 is 39.1 Å². The Kier molecular flexibility index (Phi) is 6.37. The van der Waals surface area contributed by atoms with Crippen molar-refractivity contribution in [2.24, 2.45) is 0 Å². The van der Waals surface area contributed by atoms with Crippen molar-refractivity contribution in [1.82, 2.24) is 4.90 Å². The Hall–Kier alpha value is -0.540. The molecule has 0 N–H and O–H groups in total. The van der Waals surface area contributed by atoms with Crippen LogP contribution in [-0.2, 0) is 13.1 Å². The number of alkyl halides is 1. The average Bonchev–Trinajstić information content (AvgIpc) is 2.44. The molecule has 0 fully saturated rings. The summed E-state index contributed by atoms with van der Waals surface area (Å²) in [4.78, 5) is 2.35. The van der Waals surface area contributed by atoms with E-state index in [-0.39, 0.29) is 0 Å². The summed E-state index contributed by atoms with van der Waals surface area (Å²) < 4.78 is 0. The zero-order valence-electron chi connectivity index (χ0n) is 11.0. The predicted molar refractivity (Wildman–Crippen MR) is 90.8 cm³/mol. The molecule has 2 rings (SSSR count).